The molecule has 0 spiro atoms. The van der Waals surface area contributed by atoms with Crippen molar-refractivity contribution in [2.45, 2.75) is 57.6 Å². The molecule has 18 heavy (non-hydrogen) atoms. The van der Waals surface area contributed by atoms with Gasteiger partial charge in [-0.1, -0.05) is 19.3 Å². The van der Waals surface area contributed by atoms with Crippen molar-refractivity contribution in [3.63, 3.8) is 0 Å². The molecular weight excluding hydrogens is 230 g/mol. The SMILES string of the molecule is CC(C1CCCCC1)N1CC(C)(OCC(=O)O)C1. The minimum Gasteiger partial charge on any atom is -0.480 e. The van der Waals surface area contributed by atoms with Crippen LogP contribution in [0.15, 0.2) is 0 Å². The highest BCUT2D eigenvalue weighted by molar-refractivity contribution is 5.68. The van der Waals surface area contributed by atoms with Crippen LogP contribution in [0.1, 0.15) is 46.0 Å². The summed E-state index contributed by atoms with van der Waals surface area (Å²) in [5, 5.41) is 8.64. The monoisotopic (exact) mass is 255 g/mol. The second-order valence-corrected chi connectivity index (χ2v) is 6.18. The minimum atomic E-state index is -0.880. The lowest BCUT2D eigenvalue weighted by atomic mass is 9.81. The molecule has 0 aromatic heterocycles. The van der Waals surface area contributed by atoms with Crippen molar-refractivity contribution in [3.05, 3.63) is 0 Å². The minimum absolute atomic E-state index is 0.178. The zero-order chi connectivity index (χ0) is 13.2. The van der Waals surface area contributed by atoms with Crippen molar-refractivity contribution in [1.29, 1.82) is 0 Å². The predicted octanol–water partition coefficient (Wildman–Crippen LogP) is 2.13. The van der Waals surface area contributed by atoms with E-state index in [1.54, 1.807) is 0 Å². The third kappa shape index (κ3) is 3.23. The molecule has 1 saturated carbocycles. The number of hydrogen-bond acceptors (Lipinski definition) is 3. The quantitative estimate of drug-likeness (QED) is 0.817. The Labute approximate surface area is 109 Å². The molecule has 4 heteroatoms. The van der Waals surface area contributed by atoms with Gasteiger partial charge in [-0.2, -0.15) is 0 Å². The van der Waals surface area contributed by atoms with Gasteiger partial charge in [-0.3, -0.25) is 4.90 Å². The molecule has 0 aromatic rings. The second kappa shape index (κ2) is 5.57. The maximum absolute atomic E-state index is 10.5. The van der Waals surface area contributed by atoms with Crippen molar-refractivity contribution in [1.82, 2.24) is 4.90 Å². The van der Waals surface area contributed by atoms with Gasteiger partial charge in [-0.05, 0) is 32.6 Å². The van der Waals surface area contributed by atoms with Gasteiger partial charge in [0, 0.05) is 19.1 Å². The summed E-state index contributed by atoms with van der Waals surface area (Å²) in [6, 6.07) is 0.617. The molecule has 1 N–H and O–H groups in total. The number of likely N-dealkylation sites (tertiary alicyclic amines) is 1. The fraction of sp³-hybridized carbons (Fsp3) is 0.929. The summed E-state index contributed by atoms with van der Waals surface area (Å²) in [6.45, 7) is 5.89. The van der Waals surface area contributed by atoms with E-state index in [0.29, 0.717) is 6.04 Å². The number of carboxylic acid groups (broad SMARTS) is 1. The first-order chi connectivity index (χ1) is 8.50. The van der Waals surface area contributed by atoms with Crippen LogP contribution >= 0.6 is 0 Å². The van der Waals surface area contributed by atoms with E-state index in [1.807, 2.05) is 6.92 Å². The maximum atomic E-state index is 10.5. The summed E-state index contributed by atoms with van der Waals surface area (Å²) >= 11 is 0. The second-order valence-electron chi connectivity index (χ2n) is 6.18. The van der Waals surface area contributed by atoms with Gasteiger partial charge < -0.3 is 9.84 Å². The fourth-order valence-electron chi connectivity index (χ4n) is 3.34. The summed E-state index contributed by atoms with van der Waals surface area (Å²) in [6.07, 6.45) is 6.84. The molecule has 2 aliphatic rings. The molecule has 1 atom stereocenters. The molecule has 1 unspecified atom stereocenters. The van der Waals surface area contributed by atoms with Crippen LogP contribution in [0.4, 0.5) is 0 Å². The number of rotatable bonds is 5. The highest BCUT2D eigenvalue weighted by Crippen LogP contribution is 2.34. The Bertz CT molecular complexity index is 293. The van der Waals surface area contributed by atoms with Gasteiger partial charge in [0.2, 0.25) is 0 Å². The van der Waals surface area contributed by atoms with Crippen LogP contribution in [0.25, 0.3) is 0 Å². The van der Waals surface area contributed by atoms with Gasteiger partial charge in [0.25, 0.3) is 0 Å². The largest absolute Gasteiger partial charge is 0.480 e. The van der Waals surface area contributed by atoms with Crippen LogP contribution in [0.2, 0.25) is 0 Å². The van der Waals surface area contributed by atoms with E-state index in [1.165, 1.54) is 32.1 Å². The van der Waals surface area contributed by atoms with Gasteiger partial charge >= 0.3 is 5.97 Å². The van der Waals surface area contributed by atoms with Gasteiger partial charge in [-0.15, -0.1) is 0 Å². The summed E-state index contributed by atoms with van der Waals surface area (Å²) in [5.74, 6) is -0.0576. The lowest BCUT2D eigenvalue weighted by Gasteiger charge is -2.52. The van der Waals surface area contributed by atoms with Crippen molar-refractivity contribution < 1.29 is 14.6 Å². The number of hydrogen-bond donors (Lipinski definition) is 1. The van der Waals surface area contributed by atoms with Crippen LogP contribution in [-0.4, -0.2) is 47.3 Å². The molecule has 4 nitrogen and oxygen atoms in total. The number of aliphatic carboxylic acids is 1. The Morgan fingerprint density at radius 3 is 2.56 bits per heavy atom. The van der Waals surface area contributed by atoms with Crippen molar-refractivity contribution in [3.8, 4) is 0 Å². The van der Waals surface area contributed by atoms with E-state index in [4.69, 9.17) is 9.84 Å². The first-order valence-corrected chi connectivity index (χ1v) is 7.10. The maximum Gasteiger partial charge on any atom is 0.329 e. The van der Waals surface area contributed by atoms with Crippen LogP contribution in [0, 0.1) is 5.92 Å². The Morgan fingerprint density at radius 2 is 2.00 bits per heavy atom. The van der Waals surface area contributed by atoms with Crippen LogP contribution in [0.5, 0.6) is 0 Å². The topological polar surface area (TPSA) is 49.8 Å². The first-order valence-electron chi connectivity index (χ1n) is 7.10. The summed E-state index contributed by atoms with van der Waals surface area (Å²) in [5.41, 5.74) is -0.249. The molecule has 1 saturated heterocycles. The Hall–Kier alpha value is -0.610. The zero-order valence-corrected chi connectivity index (χ0v) is 11.5. The first kappa shape index (κ1) is 13.8. The van der Waals surface area contributed by atoms with Crippen molar-refractivity contribution in [2.75, 3.05) is 19.7 Å². The molecule has 1 aliphatic heterocycles. The molecule has 0 amide bonds. The third-order valence-electron chi connectivity index (χ3n) is 4.53. The average molecular weight is 255 g/mol. The van der Waals surface area contributed by atoms with E-state index in [0.717, 1.165) is 19.0 Å². The lowest BCUT2D eigenvalue weighted by Crippen LogP contribution is -2.65. The van der Waals surface area contributed by atoms with E-state index < -0.39 is 5.97 Å². The molecule has 0 bridgehead atoms. The summed E-state index contributed by atoms with van der Waals surface area (Å²) < 4.78 is 5.45. The van der Waals surface area contributed by atoms with Crippen molar-refractivity contribution in [2.24, 2.45) is 5.92 Å². The summed E-state index contributed by atoms with van der Waals surface area (Å²) in [4.78, 5) is 13.0. The molecule has 1 aliphatic carbocycles. The van der Waals surface area contributed by atoms with E-state index in [2.05, 4.69) is 11.8 Å². The zero-order valence-electron chi connectivity index (χ0n) is 11.5. The van der Waals surface area contributed by atoms with Gasteiger partial charge in [-0.25, -0.2) is 4.79 Å². The van der Waals surface area contributed by atoms with Crippen LogP contribution < -0.4 is 0 Å². The van der Waals surface area contributed by atoms with Crippen LogP contribution in [0.3, 0.4) is 0 Å². The molecular formula is C14H25NO3. The standard InChI is InChI=1S/C14H25NO3/c1-11(12-6-4-3-5-7-12)15-9-14(2,10-15)18-8-13(16)17/h11-12H,3-10H2,1-2H3,(H,16,17). The Morgan fingerprint density at radius 1 is 1.39 bits per heavy atom. The van der Waals surface area contributed by atoms with Crippen molar-refractivity contribution >= 4 is 5.97 Å². The average Bonchev–Trinajstić information content (AvgIpc) is 2.33. The molecule has 0 radical (unpaired) electrons. The number of carbonyl (C=O) groups is 1. The predicted molar refractivity (Wildman–Crippen MR) is 69.6 cm³/mol. The van der Waals surface area contributed by atoms with Crippen LogP contribution in [-0.2, 0) is 9.53 Å². The fourth-order valence-corrected chi connectivity index (χ4v) is 3.34. The van der Waals surface area contributed by atoms with Gasteiger partial charge in [0.15, 0.2) is 0 Å². The number of nitrogens with zero attached hydrogens (tertiary/aromatic N) is 1. The number of ether oxygens (including phenoxy) is 1. The molecule has 1 heterocycles. The molecule has 2 fully saturated rings. The van der Waals surface area contributed by atoms with Gasteiger partial charge in [0.1, 0.15) is 6.61 Å². The molecule has 104 valence electrons. The van der Waals surface area contributed by atoms with E-state index in [9.17, 15) is 4.79 Å². The summed E-state index contributed by atoms with van der Waals surface area (Å²) in [7, 11) is 0. The van der Waals surface area contributed by atoms with Gasteiger partial charge in [0.05, 0.1) is 5.60 Å². The molecule has 2 rings (SSSR count). The van der Waals surface area contributed by atoms with E-state index >= 15 is 0 Å². The lowest BCUT2D eigenvalue weighted by molar-refractivity contribution is -0.171. The Balaban J connectivity index is 1.75. The van der Waals surface area contributed by atoms with E-state index in [-0.39, 0.29) is 12.2 Å². The third-order valence-corrected chi connectivity index (χ3v) is 4.53. The highest BCUT2D eigenvalue weighted by atomic mass is 16.5. The number of carboxylic acids is 1. The Kier molecular flexibility index (Phi) is 4.28. The smallest absolute Gasteiger partial charge is 0.329 e. The highest BCUT2D eigenvalue weighted by Gasteiger charge is 2.43. The normalized spacial score (nSPS) is 26.6. The molecule has 0 aromatic carbocycles.